The van der Waals surface area contributed by atoms with Crippen molar-refractivity contribution in [2.75, 3.05) is 0 Å². The van der Waals surface area contributed by atoms with Gasteiger partial charge in [0.2, 0.25) is 0 Å². The lowest BCUT2D eigenvalue weighted by Gasteiger charge is -1.95. The molecule has 3 aromatic rings. The molecule has 0 saturated heterocycles. The summed E-state index contributed by atoms with van der Waals surface area (Å²) in [5, 5.41) is 7.38. The van der Waals surface area contributed by atoms with E-state index >= 15 is 0 Å². The number of hydrogen-bond donors (Lipinski definition) is 1. The highest BCUT2D eigenvalue weighted by Crippen LogP contribution is 2.20. The molecule has 0 radical (unpaired) electrons. The van der Waals surface area contributed by atoms with Gasteiger partial charge in [-0.15, -0.1) is 11.3 Å². The quantitative estimate of drug-likeness (QED) is 0.802. The number of halogens is 1. The van der Waals surface area contributed by atoms with Crippen LogP contribution in [-0.4, -0.2) is 15.1 Å². The van der Waals surface area contributed by atoms with E-state index in [1.807, 2.05) is 29.6 Å². The van der Waals surface area contributed by atoms with Gasteiger partial charge >= 0.3 is 0 Å². The minimum absolute atomic E-state index is 0.413. The molecule has 0 spiro atoms. The molecule has 0 saturated carbocycles. The molecule has 5 nitrogen and oxygen atoms in total. The van der Waals surface area contributed by atoms with E-state index in [2.05, 4.69) is 15.1 Å². The maximum atomic E-state index is 5.85. The summed E-state index contributed by atoms with van der Waals surface area (Å²) in [4.78, 5) is 8.65. The Morgan fingerprint density at radius 1 is 1.20 bits per heavy atom. The van der Waals surface area contributed by atoms with Crippen molar-refractivity contribution < 1.29 is 4.52 Å². The first-order valence-electron chi connectivity index (χ1n) is 5.96. The van der Waals surface area contributed by atoms with E-state index in [9.17, 15) is 0 Å². The van der Waals surface area contributed by atoms with E-state index in [1.165, 1.54) is 11.3 Å². The molecule has 0 aliphatic carbocycles. The van der Waals surface area contributed by atoms with Gasteiger partial charge in [0.25, 0.3) is 5.89 Å². The van der Waals surface area contributed by atoms with Crippen molar-refractivity contribution in [1.29, 1.82) is 0 Å². The molecule has 0 aliphatic rings. The molecular formula is C13H11ClN4OS. The van der Waals surface area contributed by atoms with Gasteiger partial charge in [-0.25, -0.2) is 4.98 Å². The lowest BCUT2D eigenvalue weighted by atomic mass is 10.1. The average molecular weight is 307 g/mol. The Kier molecular flexibility index (Phi) is 3.77. The topological polar surface area (TPSA) is 77.8 Å². The highest BCUT2D eigenvalue weighted by Gasteiger charge is 2.12. The summed E-state index contributed by atoms with van der Waals surface area (Å²) in [6.45, 7) is 0.413. The minimum atomic E-state index is 0.413. The zero-order chi connectivity index (χ0) is 13.9. The second kappa shape index (κ2) is 5.70. The molecule has 102 valence electrons. The molecule has 0 aliphatic heterocycles. The maximum Gasteiger partial charge on any atom is 0.277 e. The number of aromatic nitrogens is 3. The number of hydrogen-bond acceptors (Lipinski definition) is 6. The molecule has 0 fully saturated rings. The van der Waals surface area contributed by atoms with Gasteiger partial charge in [0.1, 0.15) is 10.7 Å². The summed E-state index contributed by atoms with van der Waals surface area (Å²) >= 11 is 7.33. The van der Waals surface area contributed by atoms with Crippen LogP contribution in [0.4, 0.5) is 0 Å². The molecule has 1 aromatic carbocycles. The monoisotopic (exact) mass is 306 g/mol. The van der Waals surface area contributed by atoms with E-state index in [0.717, 1.165) is 10.6 Å². The van der Waals surface area contributed by atoms with E-state index in [4.69, 9.17) is 21.9 Å². The SMILES string of the molecule is NCc1nc(-c2nc(Cc3ccc(Cl)cc3)no2)cs1. The summed E-state index contributed by atoms with van der Waals surface area (Å²) in [5.74, 6) is 1.04. The Morgan fingerprint density at radius 2 is 2.00 bits per heavy atom. The molecule has 2 N–H and O–H groups in total. The van der Waals surface area contributed by atoms with Gasteiger partial charge in [0.15, 0.2) is 5.82 Å². The molecule has 0 amide bonds. The minimum Gasteiger partial charge on any atom is -0.332 e. The molecule has 20 heavy (non-hydrogen) atoms. The van der Waals surface area contributed by atoms with Crippen LogP contribution >= 0.6 is 22.9 Å². The Morgan fingerprint density at radius 3 is 2.70 bits per heavy atom. The maximum absolute atomic E-state index is 5.85. The van der Waals surface area contributed by atoms with Crippen LogP contribution in [0.25, 0.3) is 11.6 Å². The van der Waals surface area contributed by atoms with Crippen LogP contribution in [0, 0.1) is 0 Å². The van der Waals surface area contributed by atoms with Gasteiger partial charge < -0.3 is 10.3 Å². The van der Waals surface area contributed by atoms with Crippen molar-refractivity contribution >= 4 is 22.9 Å². The molecule has 0 unspecified atom stereocenters. The van der Waals surface area contributed by atoms with Crippen molar-refractivity contribution in [2.24, 2.45) is 5.73 Å². The number of thiazole rings is 1. The molecular weight excluding hydrogens is 296 g/mol. The first-order chi connectivity index (χ1) is 9.74. The van der Waals surface area contributed by atoms with E-state index in [-0.39, 0.29) is 0 Å². The predicted octanol–water partition coefficient (Wildman–Crippen LogP) is 2.90. The van der Waals surface area contributed by atoms with Crippen LogP contribution in [0.15, 0.2) is 34.2 Å². The Bertz CT molecular complexity index is 707. The smallest absolute Gasteiger partial charge is 0.277 e. The Hall–Kier alpha value is -1.76. The van der Waals surface area contributed by atoms with Crippen LogP contribution < -0.4 is 5.73 Å². The fourth-order valence-corrected chi connectivity index (χ4v) is 2.49. The standard InChI is InChI=1S/C13H11ClN4OS/c14-9-3-1-8(2-4-9)5-11-17-13(19-18-11)10-7-20-12(6-15)16-10/h1-4,7H,5-6,15H2. The summed E-state index contributed by atoms with van der Waals surface area (Å²) in [7, 11) is 0. The summed E-state index contributed by atoms with van der Waals surface area (Å²) < 4.78 is 5.22. The van der Waals surface area contributed by atoms with Gasteiger partial charge in [0, 0.05) is 23.4 Å². The van der Waals surface area contributed by atoms with E-state index in [1.54, 1.807) is 0 Å². The largest absolute Gasteiger partial charge is 0.332 e. The summed E-state index contributed by atoms with van der Waals surface area (Å²) in [6, 6.07) is 7.55. The molecule has 2 aromatic heterocycles. The lowest BCUT2D eigenvalue weighted by molar-refractivity contribution is 0.423. The highest BCUT2D eigenvalue weighted by atomic mass is 35.5. The zero-order valence-electron chi connectivity index (χ0n) is 10.4. The first-order valence-corrected chi connectivity index (χ1v) is 7.22. The third-order valence-corrected chi connectivity index (χ3v) is 3.81. The van der Waals surface area contributed by atoms with Gasteiger partial charge in [0.05, 0.1) is 0 Å². The lowest BCUT2D eigenvalue weighted by Crippen LogP contribution is -1.94. The van der Waals surface area contributed by atoms with E-state index < -0.39 is 0 Å². The molecule has 3 rings (SSSR count). The molecule has 0 atom stereocenters. The third-order valence-electron chi connectivity index (χ3n) is 2.69. The molecule has 2 heterocycles. The van der Waals surface area contributed by atoms with Crippen molar-refractivity contribution in [3.8, 4) is 11.6 Å². The molecule has 0 bridgehead atoms. The number of benzene rings is 1. The third kappa shape index (κ3) is 2.87. The first kappa shape index (κ1) is 13.2. The van der Waals surface area contributed by atoms with Gasteiger partial charge in [-0.05, 0) is 17.7 Å². The van der Waals surface area contributed by atoms with E-state index in [0.29, 0.717) is 35.4 Å². The van der Waals surface area contributed by atoms with Gasteiger partial charge in [-0.2, -0.15) is 4.98 Å². The van der Waals surface area contributed by atoms with Gasteiger partial charge in [-0.1, -0.05) is 28.9 Å². The summed E-state index contributed by atoms with van der Waals surface area (Å²) in [5.41, 5.74) is 7.27. The number of nitrogens with zero attached hydrogens (tertiary/aromatic N) is 3. The second-order valence-electron chi connectivity index (χ2n) is 4.15. The normalized spacial score (nSPS) is 10.9. The predicted molar refractivity (Wildman–Crippen MR) is 77.6 cm³/mol. The Balaban J connectivity index is 1.78. The van der Waals surface area contributed by atoms with Crippen molar-refractivity contribution in [2.45, 2.75) is 13.0 Å². The Labute approximate surface area is 124 Å². The van der Waals surface area contributed by atoms with Crippen LogP contribution in [0.1, 0.15) is 16.4 Å². The molecule has 7 heteroatoms. The van der Waals surface area contributed by atoms with Crippen molar-refractivity contribution in [1.82, 2.24) is 15.1 Å². The van der Waals surface area contributed by atoms with Crippen LogP contribution in [0.2, 0.25) is 5.02 Å². The average Bonchev–Trinajstić information content (AvgIpc) is 3.10. The summed E-state index contributed by atoms with van der Waals surface area (Å²) in [6.07, 6.45) is 0.592. The van der Waals surface area contributed by atoms with Crippen LogP contribution in [0.5, 0.6) is 0 Å². The highest BCUT2D eigenvalue weighted by molar-refractivity contribution is 7.09. The van der Waals surface area contributed by atoms with Crippen LogP contribution in [-0.2, 0) is 13.0 Å². The fourth-order valence-electron chi connectivity index (χ4n) is 1.72. The fraction of sp³-hybridized carbons (Fsp3) is 0.154. The number of rotatable bonds is 4. The van der Waals surface area contributed by atoms with Crippen molar-refractivity contribution in [3.05, 3.63) is 51.1 Å². The zero-order valence-corrected chi connectivity index (χ0v) is 12.0. The van der Waals surface area contributed by atoms with Gasteiger partial charge in [-0.3, -0.25) is 0 Å². The van der Waals surface area contributed by atoms with Crippen LogP contribution in [0.3, 0.4) is 0 Å². The number of nitrogens with two attached hydrogens (primary N) is 1. The van der Waals surface area contributed by atoms with Crippen molar-refractivity contribution in [3.63, 3.8) is 0 Å². The second-order valence-corrected chi connectivity index (χ2v) is 5.53.